The minimum Gasteiger partial charge on any atom is -0.481 e. The predicted octanol–water partition coefficient (Wildman–Crippen LogP) is -1.03. The van der Waals surface area contributed by atoms with Crippen LogP contribution in [0.3, 0.4) is 0 Å². The zero-order valence-electron chi connectivity index (χ0n) is 76.7. The van der Waals surface area contributed by atoms with Crippen molar-refractivity contribution in [3.63, 3.8) is 0 Å². The molecule has 135 heavy (non-hydrogen) atoms. The zero-order valence-corrected chi connectivity index (χ0v) is 76.7. The largest absolute Gasteiger partial charge is 0.481 e. The number of nitrogens with one attached hydrogen (secondary N) is 12. The average molecular weight is 1880 g/mol. The molecular formula is C92H124FN21O21. The van der Waals surface area contributed by atoms with E-state index in [1.807, 2.05) is 13.8 Å². The third-order valence-corrected chi connectivity index (χ3v) is 24.9. The van der Waals surface area contributed by atoms with Crippen LogP contribution < -0.4 is 64.6 Å². The molecule has 16 amide bonds. The summed E-state index contributed by atoms with van der Waals surface area (Å²) >= 11 is 0. The Hall–Kier alpha value is -13.7. The number of hydrogen-bond acceptors (Lipinski definition) is 21. The highest BCUT2D eigenvalue weighted by Gasteiger charge is 2.47. The number of benzene rings is 3. The Balaban J connectivity index is 1.02. The highest BCUT2D eigenvalue weighted by Crippen LogP contribution is 2.30. The number of halogens is 1. The normalized spacial score (nSPS) is 25.3. The van der Waals surface area contributed by atoms with Crippen molar-refractivity contribution in [1.29, 1.82) is 0 Å². The smallest absolute Gasteiger partial charge is 0.323 e. The van der Waals surface area contributed by atoms with Gasteiger partial charge in [0.1, 0.15) is 96.9 Å². The number of carbonyl (C=O) groups excluding carboxylic acids is 16. The van der Waals surface area contributed by atoms with Crippen molar-refractivity contribution in [2.24, 2.45) is 17.4 Å². The summed E-state index contributed by atoms with van der Waals surface area (Å²) in [6.45, 7) is 5.96. The molecule has 4 fully saturated rings. The van der Waals surface area contributed by atoms with Crippen LogP contribution in [0.15, 0.2) is 97.7 Å². The van der Waals surface area contributed by atoms with E-state index in [0.29, 0.717) is 77.0 Å². The number of aromatic amines is 2. The standard InChI is InChI=1S/C92H124FN21O21/c1-8-10-22-70-84(127)103-62(35-50(3)4)82(125)108-68(79(95)122)44-96-45-76(117)101-65(36-52-27-29-55(93)30-28-52)90(133)112-33-17-16-25-71(112)86(129)107-67(41-75(94)116)91(134)113-34-18-26-72(113)85(128)105-64(39-56-43-97-49-99-56)83(126)102-61(31-32-77(118)119)89(132)114-47-57(115)40-74(114)87(130)104-63(37-53-42-98-60-21-14-12-19-58(53)60)81(124)100-51(5)80(123)106-66(88(131)110(7)73(23-11-9-2)92(135)109(70)6)38-54-46-111(48-78(120)121)69-24-15-13-20-59(54)69/h12-15,19-21,24,27-30,42-43,46,49-51,57,61-68,70-74,96,98,115H,8-11,16-18,22-23,25-26,31-41,44-45,47-48H2,1-7H3,(H2,94,116)(H2,95,122)(H,97,99)(H,100,124)(H,101,117)(H,102,126)(H,103,127)(H,104,130)(H,105,128)(H,106,123)(H,107,129)(H,108,125)(H,118,119)(H,120,121)/t51-,57+,61-,62-,63-,64-,65-,66-,67-,68-,70-,71-,72-,73-,74-/m0/s1. The molecule has 15 atom stereocenters. The van der Waals surface area contributed by atoms with E-state index in [0.717, 1.165) is 26.8 Å². The molecule has 0 unspecified atom stereocenters. The SMILES string of the molecule is CCCC[C@H]1C(=O)N(C)[C@@H](CCCC)C(=O)N[C@@H](CC(C)C)C(=O)N[C@H](C(N)=O)CNCC(=O)N[C@@H](Cc2ccc(F)cc2)C(=O)N2CCCC[C@H]2C(=O)N[C@@H](CC(N)=O)C(=O)N2CCC[C@H]2C(=O)N[C@@H](Cc2c[nH]cn2)C(=O)N[C@@H](CCC(=O)O)C(=O)N2C[C@H](O)C[C@H]2C(=O)N[C@@H](Cc2c[nH]c3ccccc23)C(=O)N[C@@H](C)C(=O)N[C@@H](Cc2cn(CC(=O)O)c3ccccc23)C(=O)N1C. The first-order valence-corrected chi connectivity index (χ1v) is 45.7. The van der Waals surface area contributed by atoms with Crippen LogP contribution in [-0.4, -0.2) is 303 Å². The molecule has 3 aromatic heterocycles. The molecule has 42 nitrogen and oxygen atoms in total. The maximum absolute atomic E-state index is 15.8. The minimum absolute atomic E-state index is 0.0104. The van der Waals surface area contributed by atoms with Gasteiger partial charge < -0.3 is 119 Å². The summed E-state index contributed by atoms with van der Waals surface area (Å²) in [4.78, 5) is 278. The van der Waals surface area contributed by atoms with Crippen LogP contribution in [0.1, 0.15) is 160 Å². The van der Waals surface area contributed by atoms with Crippen molar-refractivity contribution < 1.29 is 106 Å². The van der Waals surface area contributed by atoms with E-state index in [1.54, 1.807) is 68.6 Å². The number of nitrogens with two attached hydrogens (primary N) is 2. The summed E-state index contributed by atoms with van der Waals surface area (Å²) in [6.07, 6.45) is 2.52. The highest BCUT2D eigenvalue weighted by atomic mass is 19.1. The minimum atomic E-state index is -1.84. The molecule has 4 aliphatic rings. The first-order valence-electron chi connectivity index (χ1n) is 45.7. The van der Waals surface area contributed by atoms with Crippen molar-refractivity contribution in [2.75, 3.05) is 46.8 Å². The zero-order chi connectivity index (χ0) is 98.2. The van der Waals surface area contributed by atoms with Crippen molar-refractivity contribution in [1.82, 2.24) is 97.2 Å². The van der Waals surface area contributed by atoms with E-state index in [-0.39, 0.29) is 82.5 Å². The van der Waals surface area contributed by atoms with Crippen LogP contribution in [-0.2, 0) is 119 Å². The highest BCUT2D eigenvalue weighted by molar-refractivity contribution is 6.03. The molecule has 10 rings (SSSR count). The Bertz CT molecular complexity index is 5300. The number of likely N-dealkylation sites (N-methyl/N-ethyl adjacent to an activating group) is 2. The van der Waals surface area contributed by atoms with Gasteiger partial charge in [-0.2, -0.15) is 0 Å². The fraction of sp³-hybridized carbons (Fsp3) is 0.533. The number of aromatic nitrogens is 4. The topological polar surface area (TPSA) is 606 Å². The Kier molecular flexibility index (Phi) is 36.9. The lowest BCUT2D eigenvalue weighted by atomic mass is 9.97. The number of hydrogen-bond donors (Lipinski definition) is 17. The molecule has 4 aliphatic heterocycles. The molecule has 0 saturated carbocycles. The van der Waals surface area contributed by atoms with Gasteiger partial charge in [-0.15, -0.1) is 0 Å². The lowest BCUT2D eigenvalue weighted by molar-refractivity contribution is -0.149. The summed E-state index contributed by atoms with van der Waals surface area (Å²) in [5.74, 6) is -19.0. The van der Waals surface area contributed by atoms with E-state index < -0.39 is 261 Å². The second-order valence-corrected chi connectivity index (χ2v) is 35.4. The van der Waals surface area contributed by atoms with Gasteiger partial charge in [-0.25, -0.2) is 9.37 Å². The number of piperidine rings is 1. The van der Waals surface area contributed by atoms with Gasteiger partial charge in [-0.3, -0.25) is 86.3 Å². The van der Waals surface area contributed by atoms with Gasteiger partial charge >= 0.3 is 11.9 Å². The number of carboxylic acid groups (broad SMARTS) is 2. The Morgan fingerprint density at radius 2 is 1.10 bits per heavy atom. The number of aliphatic carboxylic acids is 2. The summed E-state index contributed by atoms with van der Waals surface area (Å²) in [5.41, 5.74) is 14.1. The Morgan fingerprint density at radius 1 is 0.541 bits per heavy atom. The van der Waals surface area contributed by atoms with E-state index >= 15 is 47.9 Å². The number of carbonyl (C=O) groups is 18. The summed E-state index contributed by atoms with van der Waals surface area (Å²) in [7, 11) is 2.70. The van der Waals surface area contributed by atoms with Crippen LogP contribution in [0.5, 0.6) is 0 Å². The van der Waals surface area contributed by atoms with Crippen LogP contribution in [0, 0.1) is 11.7 Å². The van der Waals surface area contributed by atoms with E-state index in [1.165, 1.54) is 66.2 Å². The number of nitrogens with zero attached hydrogens (tertiary/aromatic N) is 7. The molecule has 0 radical (unpaired) electrons. The maximum atomic E-state index is 15.8. The molecule has 0 aliphatic carbocycles. The van der Waals surface area contributed by atoms with Gasteiger partial charge in [-0.05, 0) is 112 Å². The van der Waals surface area contributed by atoms with Gasteiger partial charge in [-0.1, -0.05) is 102 Å². The number of primary amides is 2. The number of amides is 16. The molecular weight excluding hydrogens is 1750 g/mol. The monoisotopic (exact) mass is 1880 g/mol. The number of carboxylic acids is 2. The Morgan fingerprint density at radius 3 is 1.75 bits per heavy atom. The van der Waals surface area contributed by atoms with Crippen LogP contribution >= 0.6 is 0 Å². The van der Waals surface area contributed by atoms with Gasteiger partial charge in [0.2, 0.25) is 94.5 Å². The molecule has 730 valence electrons. The average Bonchev–Trinajstić information content (AvgIpc) is 1.63. The van der Waals surface area contributed by atoms with Crippen molar-refractivity contribution in [3.05, 3.63) is 126 Å². The van der Waals surface area contributed by atoms with Gasteiger partial charge in [0, 0.05) is 119 Å². The second-order valence-electron chi connectivity index (χ2n) is 35.4. The fourth-order valence-corrected chi connectivity index (χ4v) is 17.8. The van der Waals surface area contributed by atoms with Gasteiger partial charge in [0.15, 0.2) is 0 Å². The first-order chi connectivity index (χ1) is 64.3. The van der Waals surface area contributed by atoms with E-state index in [4.69, 9.17) is 11.5 Å². The number of imidazole rings is 1. The number of para-hydroxylation sites is 2. The molecule has 0 spiro atoms. The fourth-order valence-electron chi connectivity index (χ4n) is 17.8. The van der Waals surface area contributed by atoms with Crippen LogP contribution in [0.25, 0.3) is 21.8 Å². The third-order valence-electron chi connectivity index (χ3n) is 24.9. The lowest BCUT2D eigenvalue weighted by Crippen LogP contribution is -2.62. The third kappa shape index (κ3) is 27.7. The Labute approximate surface area is 778 Å². The molecule has 7 heterocycles. The van der Waals surface area contributed by atoms with Crippen molar-refractivity contribution in [2.45, 2.75) is 260 Å². The van der Waals surface area contributed by atoms with Gasteiger partial charge in [0.05, 0.1) is 31.1 Å². The summed E-state index contributed by atoms with van der Waals surface area (Å²) in [6, 6.07) is -3.33. The summed E-state index contributed by atoms with van der Waals surface area (Å²) < 4.78 is 15.9. The maximum Gasteiger partial charge on any atom is 0.323 e. The number of aliphatic hydroxyl groups is 1. The molecule has 0 bridgehead atoms. The molecule has 3 aromatic carbocycles. The molecule has 19 N–H and O–H groups in total. The number of unbranched alkanes of at least 4 members (excludes halogenated alkanes) is 2. The van der Waals surface area contributed by atoms with E-state index in [2.05, 4.69) is 68.1 Å². The number of fused-ring (bicyclic) bond motifs is 5. The van der Waals surface area contributed by atoms with Crippen LogP contribution in [0.2, 0.25) is 0 Å². The molecule has 4 saturated heterocycles. The van der Waals surface area contributed by atoms with Crippen molar-refractivity contribution >= 4 is 128 Å². The lowest BCUT2D eigenvalue weighted by Gasteiger charge is -2.38. The summed E-state index contributed by atoms with van der Waals surface area (Å²) in [5, 5.41) is 59.5. The number of H-pyrrole nitrogens is 2. The quantitative estimate of drug-likeness (QED) is 0.0344. The van der Waals surface area contributed by atoms with E-state index in [9.17, 15) is 58.1 Å². The number of aliphatic hydroxyl groups excluding tert-OH is 1. The second kappa shape index (κ2) is 48.3. The van der Waals surface area contributed by atoms with Crippen LogP contribution in [0.4, 0.5) is 4.39 Å². The molecule has 6 aromatic rings. The predicted molar refractivity (Wildman–Crippen MR) is 485 cm³/mol. The number of rotatable bonds is 24. The molecule has 43 heteroatoms. The van der Waals surface area contributed by atoms with Gasteiger partial charge in [0.25, 0.3) is 0 Å². The van der Waals surface area contributed by atoms with Crippen molar-refractivity contribution in [3.8, 4) is 0 Å². The first kappa shape index (κ1) is 103.